The summed E-state index contributed by atoms with van der Waals surface area (Å²) in [7, 11) is 0. The van der Waals surface area contributed by atoms with Crippen LogP contribution in [0.3, 0.4) is 0 Å². The standard InChI is InChI=1S/C24H19Cl4NO4/c1-13-5-2-3-6-20(13)29(24(33)15-11-18(27)23(32)19(28)12-15)8-4-7-21(30)14-9-16(25)22(31)17(26)10-14/h2-3,5-6,9-12,31-32H,4,7-8H2,1H3. The molecule has 3 aromatic carbocycles. The maximum atomic E-state index is 13.4. The number of ketones is 1. The maximum Gasteiger partial charge on any atom is 0.258 e. The molecule has 172 valence electrons. The Labute approximate surface area is 211 Å². The second-order valence-corrected chi connectivity index (χ2v) is 8.98. The fourth-order valence-corrected chi connectivity index (χ4v) is 4.29. The van der Waals surface area contributed by atoms with Crippen molar-refractivity contribution in [3.63, 3.8) is 0 Å². The van der Waals surface area contributed by atoms with E-state index < -0.39 is 0 Å². The molecule has 0 fully saturated rings. The van der Waals surface area contributed by atoms with Crippen molar-refractivity contribution in [3.8, 4) is 11.5 Å². The fraction of sp³-hybridized carbons (Fsp3) is 0.167. The van der Waals surface area contributed by atoms with Crippen LogP contribution in [0.5, 0.6) is 11.5 Å². The van der Waals surface area contributed by atoms with Gasteiger partial charge in [-0.15, -0.1) is 0 Å². The Hall–Kier alpha value is -2.44. The lowest BCUT2D eigenvalue weighted by Crippen LogP contribution is -2.32. The number of anilines is 1. The molecule has 9 heteroatoms. The summed E-state index contributed by atoms with van der Waals surface area (Å²) in [6.07, 6.45) is 0.457. The summed E-state index contributed by atoms with van der Waals surface area (Å²) in [6, 6.07) is 12.8. The van der Waals surface area contributed by atoms with Gasteiger partial charge < -0.3 is 15.1 Å². The second kappa shape index (κ2) is 10.7. The zero-order valence-electron chi connectivity index (χ0n) is 17.4. The second-order valence-electron chi connectivity index (χ2n) is 7.35. The Morgan fingerprint density at radius 1 is 0.818 bits per heavy atom. The molecule has 0 aliphatic rings. The molecule has 0 saturated heterocycles. The van der Waals surface area contributed by atoms with Gasteiger partial charge in [0, 0.05) is 29.8 Å². The number of carbonyl (C=O) groups is 2. The highest BCUT2D eigenvalue weighted by atomic mass is 35.5. The molecule has 0 bridgehead atoms. The third kappa shape index (κ3) is 5.74. The number of phenolic OH excluding ortho intramolecular Hbond substituents is 2. The molecule has 0 unspecified atom stereocenters. The van der Waals surface area contributed by atoms with Crippen LogP contribution in [-0.4, -0.2) is 28.4 Å². The highest BCUT2D eigenvalue weighted by Gasteiger charge is 2.22. The minimum absolute atomic E-state index is 0.0105. The van der Waals surface area contributed by atoms with E-state index in [1.807, 2.05) is 25.1 Å². The van der Waals surface area contributed by atoms with Crippen LogP contribution in [0.25, 0.3) is 0 Å². The predicted molar refractivity (Wildman–Crippen MR) is 133 cm³/mol. The van der Waals surface area contributed by atoms with E-state index in [0.29, 0.717) is 12.1 Å². The van der Waals surface area contributed by atoms with Crippen molar-refractivity contribution in [3.05, 3.63) is 85.3 Å². The van der Waals surface area contributed by atoms with Crippen molar-refractivity contribution in [2.45, 2.75) is 19.8 Å². The van der Waals surface area contributed by atoms with E-state index in [1.54, 1.807) is 11.0 Å². The highest BCUT2D eigenvalue weighted by molar-refractivity contribution is 6.38. The van der Waals surface area contributed by atoms with Gasteiger partial charge in [-0.3, -0.25) is 9.59 Å². The fourth-order valence-electron chi connectivity index (χ4n) is 3.31. The third-order valence-electron chi connectivity index (χ3n) is 5.04. The molecule has 0 saturated carbocycles. The molecule has 33 heavy (non-hydrogen) atoms. The molecule has 3 rings (SSSR count). The molecule has 1 amide bonds. The van der Waals surface area contributed by atoms with E-state index in [2.05, 4.69) is 0 Å². The molecule has 2 N–H and O–H groups in total. The lowest BCUT2D eigenvalue weighted by molar-refractivity contribution is 0.0961. The van der Waals surface area contributed by atoms with Gasteiger partial charge in [0.25, 0.3) is 5.91 Å². The number of carbonyl (C=O) groups excluding carboxylic acids is 2. The van der Waals surface area contributed by atoms with Crippen molar-refractivity contribution in [2.24, 2.45) is 0 Å². The topological polar surface area (TPSA) is 77.8 Å². The van der Waals surface area contributed by atoms with Crippen molar-refractivity contribution in [1.29, 1.82) is 0 Å². The average Bonchev–Trinajstić information content (AvgIpc) is 2.78. The van der Waals surface area contributed by atoms with E-state index in [-0.39, 0.29) is 67.4 Å². The first-order valence-electron chi connectivity index (χ1n) is 9.87. The molecule has 0 aliphatic carbocycles. The first-order valence-corrected chi connectivity index (χ1v) is 11.4. The Morgan fingerprint density at radius 2 is 1.30 bits per heavy atom. The number of benzene rings is 3. The molecular formula is C24H19Cl4NO4. The van der Waals surface area contributed by atoms with Crippen molar-refractivity contribution >= 4 is 63.8 Å². The zero-order chi connectivity index (χ0) is 24.3. The Morgan fingerprint density at radius 3 is 1.82 bits per heavy atom. The number of rotatable bonds is 7. The molecule has 0 aromatic heterocycles. The van der Waals surface area contributed by atoms with Crippen molar-refractivity contribution < 1.29 is 19.8 Å². The monoisotopic (exact) mass is 525 g/mol. The van der Waals surface area contributed by atoms with Crippen LogP contribution in [0.4, 0.5) is 5.69 Å². The Bertz CT molecular complexity index is 1180. The smallest absolute Gasteiger partial charge is 0.258 e. The summed E-state index contributed by atoms with van der Waals surface area (Å²) in [6.45, 7) is 2.10. The van der Waals surface area contributed by atoms with E-state index in [4.69, 9.17) is 46.4 Å². The van der Waals surface area contributed by atoms with Crippen LogP contribution >= 0.6 is 46.4 Å². The van der Waals surface area contributed by atoms with Gasteiger partial charge in [0.15, 0.2) is 17.3 Å². The van der Waals surface area contributed by atoms with E-state index in [1.165, 1.54) is 24.3 Å². The first kappa shape index (κ1) is 25.2. The number of aromatic hydroxyl groups is 2. The Balaban J connectivity index is 1.83. The average molecular weight is 527 g/mol. The number of amides is 1. The largest absolute Gasteiger partial charge is 0.505 e. The number of hydrogen-bond acceptors (Lipinski definition) is 4. The van der Waals surface area contributed by atoms with Gasteiger partial charge in [0.1, 0.15) is 0 Å². The van der Waals surface area contributed by atoms with Crippen LogP contribution in [0, 0.1) is 6.92 Å². The lowest BCUT2D eigenvalue weighted by atomic mass is 10.1. The quantitative estimate of drug-likeness (QED) is 0.316. The summed E-state index contributed by atoms with van der Waals surface area (Å²) in [5, 5.41) is 19.4. The number of para-hydroxylation sites is 1. The summed E-state index contributed by atoms with van der Waals surface area (Å²) in [5.41, 5.74) is 2.01. The molecular weight excluding hydrogens is 508 g/mol. The number of aryl methyl sites for hydroxylation is 1. The number of hydrogen-bond donors (Lipinski definition) is 2. The van der Waals surface area contributed by atoms with Gasteiger partial charge in [0.05, 0.1) is 20.1 Å². The van der Waals surface area contributed by atoms with E-state index >= 15 is 0 Å². The molecule has 0 atom stereocenters. The third-order valence-corrected chi connectivity index (χ3v) is 6.19. The summed E-state index contributed by atoms with van der Waals surface area (Å²) in [4.78, 5) is 27.6. The zero-order valence-corrected chi connectivity index (χ0v) is 20.4. The summed E-state index contributed by atoms with van der Waals surface area (Å²) < 4.78 is 0. The van der Waals surface area contributed by atoms with Gasteiger partial charge in [-0.25, -0.2) is 0 Å². The van der Waals surface area contributed by atoms with Crippen LogP contribution in [0.2, 0.25) is 20.1 Å². The number of nitrogens with zero attached hydrogens (tertiary/aromatic N) is 1. The molecule has 0 heterocycles. The highest BCUT2D eigenvalue weighted by Crippen LogP contribution is 2.35. The summed E-state index contributed by atoms with van der Waals surface area (Å²) in [5.74, 6) is -1.19. The number of phenols is 2. The molecule has 0 spiro atoms. The Kier molecular flexibility index (Phi) is 8.14. The van der Waals surface area contributed by atoms with Crippen LogP contribution in [-0.2, 0) is 0 Å². The van der Waals surface area contributed by atoms with Gasteiger partial charge in [0.2, 0.25) is 0 Å². The number of halogens is 4. The van der Waals surface area contributed by atoms with Crippen LogP contribution in [0.15, 0.2) is 48.5 Å². The molecule has 0 radical (unpaired) electrons. The minimum Gasteiger partial charge on any atom is -0.505 e. The minimum atomic E-state index is -0.378. The lowest BCUT2D eigenvalue weighted by Gasteiger charge is -2.25. The van der Waals surface area contributed by atoms with Gasteiger partial charge in [-0.05, 0) is 49.2 Å². The van der Waals surface area contributed by atoms with Crippen LogP contribution in [0.1, 0.15) is 39.1 Å². The molecule has 0 aliphatic heterocycles. The van der Waals surface area contributed by atoms with Crippen molar-refractivity contribution in [2.75, 3.05) is 11.4 Å². The SMILES string of the molecule is Cc1ccccc1N(CCCC(=O)c1cc(Cl)c(O)c(Cl)c1)C(=O)c1cc(Cl)c(O)c(Cl)c1. The first-order chi connectivity index (χ1) is 15.6. The van der Waals surface area contributed by atoms with Crippen LogP contribution < -0.4 is 4.90 Å². The molecule has 3 aromatic rings. The maximum absolute atomic E-state index is 13.4. The van der Waals surface area contributed by atoms with Gasteiger partial charge in [-0.1, -0.05) is 64.6 Å². The predicted octanol–water partition coefficient (Wildman–Crippen LogP) is 7.33. The molecule has 5 nitrogen and oxygen atoms in total. The van der Waals surface area contributed by atoms with Crippen molar-refractivity contribution in [1.82, 2.24) is 0 Å². The number of Topliss-reactive ketones (excluding diaryl/α,β-unsaturated/α-hetero) is 1. The van der Waals surface area contributed by atoms with E-state index in [0.717, 1.165) is 5.56 Å². The van der Waals surface area contributed by atoms with E-state index in [9.17, 15) is 19.8 Å². The normalized spacial score (nSPS) is 10.8. The van der Waals surface area contributed by atoms with Gasteiger partial charge >= 0.3 is 0 Å². The van der Waals surface area contributed by atoms with Gasteiger partial charge in [-0.2, -0.15) is 0 Å². The summed E-state index contributed by atoms with van der Waals surface area (Å²) >= 11 is 23.8.